The molecular formula is C24H23N3O2. The van der Waals surface area contributed by atoms with E-state index in [-0.39, 0.29) is 5.56 Å². The zero-order chi connectivity index (χ0) is 20.2. The van der Waals surface area contributed by atoms with Crippen LogP contribution in [-0.4, -0.2) is 28.8 Å². The molecule has 0 saturated heterocycles. The molecule has 29 heavy (non-hydrogen) atoms. The Morgan fingerprint density at radius 3 is 2.41 bits per heavy atom. The molecule has 146 valence electrons. The predicted octanol–water partition coefficient (Wildman–Crippen LogP) is 4.16. The van der Waals surface area contributed by atoms with E-state index in [9.17, 15) is 4.79 Å². The van der Waals surface area contributed by atoms with Gasteiger partial charge in [0.25, 0.3) is 5.56 Å². The van der Waals surface area contributed by atoms with Crippen LogP contribution in [0, 0.1) is 0 Å². The summed E-state index contributed by atoms with van der Waals surface area (Å²) < 4.78 is 6.85. The fourth-order valence-electron chi connectivity index (χ4n) is 3.50. The van der Waals surface area contributed by atoms with Crippen molar-refractivity contribution in [2.24, 2.45) is 0 Å². The third kappa shape index (κ3) is 4.05. The van der Waals surface area contributed by atoms with Crippen molar-refractivity contribution in [1.29, 1.82) is 0 Å². The topological polar surface area (TPSA) is 47.4 Å². The second-order valence-electron chi connectivity index (χ2n) is 7.07. The van der Waals surface area contributed by atoms with Crippen LogP contribution < -0.4 is 10.3 Å². The maximum absolute atomic E-state index is 13.1. The maximum Gasteiger partial charge on any atom is 0.275 e. The molecule has 5 nitrogen and oxygen atoms in total. The fourth-order valence-corrected chi connectivity index (χ4v) is 3.50. The van der Waals surface area contributed by atoms with Gasteiger partial charge in [0.05, 0.1) is 24.9 Å². The first-order valence-electron chi connectivity index (χ1n) is 9.52. The van der Waals surface area contributed by atoms with Crippen molar-refractivity contribution in [3.8, 4) is 17.0 Å². The fraction of sp³-hybridized carbons (Fsp3) is 0.167. The number of methoxy groups -OCH3 is 1. The highest BCUT2D eigenvalue weighted by Crippen LogP contribution is 2.24. The molecule has 0 spiro atoms. The van der Waals surface area contributed by atoms with Gasteiger partial charge < -0.3 is 4.74 Å². The molecule has 0 saturated carbocycles. The van der Waals surface area contributed by atoms with Gasteiger partial charge in [-0.1, -0.05) is 60.7 Å². The number of nitrogens with zero attached hydrogens (tertiary/aromatic N) is 3. The Morgan fingerprint density at radius 2 is 1.66 bits per heavy atom. The largest absolute Gasteiger partial charge is 0.497 e. The Labute approximate surface area is 169 Å². The standard InChI is InChI=1S/C24H23N3O2/c1-26(16-18-9-8-12-20(15-18)29-2)17-27-24(28)22-14-7-6-13-21(22)23(25-27)19-10-4-3-5-11-19/h3-15H,16-17H2,1-2H3. The van der Waals surface area contributed by atoms with E-state index < -0.39 is 0 Å². The molecule has 4 aromatic rings. The highest BCUT2D eigenvalue weighted by atomic mass is 16.5. The number of ether oxygens (including phenoxy) is 1. The predicted molar refractivity (Wildman–Crippen MR) is 116 cm³/mol. The summed E-state index contributed by atoms with van der Waals surface area (Å²) in [6, 6.07) is 25.6. The van der Waals surface area contributed by atoms with Crippen molar-refractivity contribution < 1.29 is 4.74 Å². The van der Waals surface area contributed by atoms with Crippen LogP contribution in [0.1, 0.15) is 5.56 Å². The minimum Gasteiger partial charge on any atom is -0.497 e. The molecule has 0 N–H and O–H groups in total. The molecule has 0 bridgehead atoms. The number of hydrogen-bond donors (Lipinski definition) is 0. The molecule has 0 aliphatic heterocycles. The number of rotatable bonds is 6. The molecule has 1 heterocycles. The van der Waals surface area contributed by atoms with Gasteiger partial charge in [0.2, 0.25) is 0 Å². The van der Waals surface area contributed by atoms with Crippen LogP contribution in [0.4, 0.5) is 0 Å². The molecule has 3 aromatic carbocycles. The molecule has 1 aromatic heterocycles. The average Bonchev–Trinajstić information content (AvgIpc) is 2.76. The lowest BCUT2D eigenvalue weighted by atomic mass is 10.1. The van der Waals surface area contributed by atoms with Crippen LogP contribution in [0.3, 0.4) is 0 Å². The molecule has 0 fully saturated rings. The molecule has 0 aliphatic carbocycles. The molecule has 0 unspecified atom stereocenters. The molecule has 0 atom stereocenters. The first-order valence-corrected chi connectivity index (χ1v) is 9.52. The van der Waals surface area contributed by atoms with Gasteiger partial charge in [-0.2, -0.15) is 5.10 Å². The van der Waals surface area contributed by atoms with E-state index in [2.05, 4.69) is 4.90 Å². The van der Waals surface area contributed by atoms with Crippen molar-refractivity contribution in [3.05, 3.63) is 94.8 Å². The van der Waals surface area contributed by atoms with Crippen molar-refractivity contribution in [3.63, 3.8) is 0 Å². The van der Waals surface area contributed by atoms with Crippen molar-refractivity contribution in [2.75, 3.05) is 14.2 Å². The summed E-state index contributed by atoms with van der Waals surface area (Å²) in [5, 5.41) is 6.27. The van der Waals surface area contributed by atoms with E-state index in [0.717, 1.165) is 28.0 Å². The summed E-state index contributed by atoms with van der Waals surface area (Å²) in [4.78, 5) is 15.1. The molecule has 0 aliphatic rings. The molecule has 0 amide bonds. The Bertz CT molecular complexity index is 1190. The summed E-state index contributed by atoms with van der Waals surface area (Å²) in [5.74, 6) is 0.822. The number of aromatic nitrogens is 2. The van der Waals surface area contributed by atoms with Gasteiger partial charge >= 0.3 is 0 Å². The highest BCUT2D eigenvalue weighted by Gasteiger charge is 2.13. The van der Waals surface area contributed by atoms with E-state index in [4.69, 9.17) is 9.84 Å². The second kappa shape index (κ2) is 8.29. The Morgan fingerprint density at radius 1 is 0.931 bits per heavy atom. The molecule has 0 radical (unpaired) electrons. The lowest BCUT2D eigenvalue weighted by molar-refractivity contribution is 0.241. The lowest BCUT2D eigenvalue weighted by Crippen LogP contribution is -2.32. The van der Waals surface area contributed by atoms with Gasteiger partial charge in [0, 0.05) is 17.5 Å². The zero-order valence-corrected chi connectivity index (χ0v) is 16.6. The van der Waals surface area contributed by atoms with E-state index >= 15 is 0 Å². The van der Waals surface area contributed by atoms with Crippen molar-refractivity contribution >= 4 is 10.8 Å². The second-order valence-corrected chi connectivity index (χ2v) is 7.07. The monoisotopic (exact) mass is 385 g/mol. The number of fused-ring (bicyclic) bond motifs is 1. The smallest absolute Gasteiger partial charge is 0.275 e. The average molecular weight is 385 g/mol. The van der Waals surface area contributed by atoms with E-state index in [1.807, 2.05) is 85.9 Å². The summed E-state index contributed by atoms with van der Waals surface area (Å²) in [7, 11) is 3.64. The third-order valence-corrected chi connectivity index (χ3v) is 4.88. The maximum atomic E-state index is 13.1. The highest BCUT2D eigenvalue weighted by molar-refractivity contribution is 5.93. The van der Waals surface area contributed by atoms with E-state index in [1.165, 1.54) is 0 Å². The Hall–Kier alpha value is -3.44. The minimum absolute atomic E-state index is 0.0854. The quantitative estimate of drug-likeness (QED) is 0.500. The Balaban J connectivity index is 1.70. The summed E-state index contributed by atoms with van der Waals surface area (Å²) in [5.41, 5.74) is 2.84. The van der Waals surface area contributed by atoms with Gasteiger partial charge in [0.1, 0.15) is 5.75 Å². The van der Waals surface area contributed by atoms with Gasteiger partial charge in [-0.25, -0.2) is 4.68 Å². The number of benzene rings is 3. The summed E-state index contributed by atoms with van der Waals surface area (Å²) >= 11 is 0. The lowest BCUT2D eigenvalue weighted by Gasteiger charge is -2.19. The van der Waals surface area contributed by atoms with Crippen LogP contribution in [0.2, 0.25) is 0 Å². The van der Waals surface area contributed by atoms with Crippen LogP contribution >= 0.6 is 0 Å². The van der Waals surface area contributed by atoms with Crippen molar-refractivity contribution in [2.45, 2.75) is 13.2 Å². The molecule has 5 heteroatoms. The van der Waals surface area contributed by atoms with Crippen molar-refractivity contribution in [1.82, 2.24) is 14.7 Å². The van der Waals surface area contributed by atoms with Gasteiger partial charge in [0.15, 0.2) is 0 Å². The summed E-state index contributed by atoms with van der Waals surface area (Å²) in [6.07, 6.45) is 0. The van der Waals surface area contributed by atoms with Crippen LogP contribution in [0.5, 0.6) is 5.75 Å². The Kier molecular flexibility index (Phi) is 5.40. The SMILES string of the molecule is COc1cccc(CN(C)Cn2nc(-c3ccccc3)c3ccccc3c2=O)c1. The van der Waals surface area contributed by atoms with Crippen LogP contribution in [0.15, 0.2) is 83.7 Å². The summed E-state index contributed by atoms with van der Waals surface area (Å²) in [6.45, 7) is 1.07. The van der Waals surface area contributed by atoms with Gasteiger partial charge in [-0.05, 0) is 30.8 Å². The number of hydrogen-bond acceptors (Lipinski definition) is 4. The minimum atomic E-state index is -0.0854. The third-order valence-electron chi connectivity index (χ3n) is 4.88. The van der Waals surface area contributed by atoms with E-state index in [0.29, 0.717) is 18.6 Å². The zero-order valence-electron chi connectivity index (χ0n) is 16.6. The normalized spacial score (nSPS) is 11.1. The van der Waals surface area contributed by atoms with Crippen LogP contribution in [0.25, 0.3) is 22.0 Å². The first kappa shape index (κ1) is 18.9. The first-order chi connectivity index (χ1) is 14.2. The van der Waals surface area contributed by atoms with E-state index in [1.54, 1.807) is 11.8 Å². The molecule has 4 rings (SSSR count). The van der Waals surface area contributed by atoms with Gasteiger partial charge in [-0.15, -0.1) is 0 Å². The molecular weight excluding hydrogens is 362 g/mol. The van der Waals surface area contributed by atoms with Gasteiger partial charge in [-0.3, -0.25) is 9.69 Å². The van der Waals surface area contributed by atoms with Crippen LogP contribution in [-0.2, 0) is 13.2 Å².